The van der Waals surface area contributed by atoms with Crippen LogP contribution in [0.2, 0.25) is 0 Å². The summed E-state index contributed by atoms with van der Waals surface area (Å²) in [6.45, 7) is 3.24. The summed E-state index contributed by atoms with van der Waals surface area (Å²) in [7, 11) is 2.05. The molecule has 1 aromatic carbocycles. The zero-order valence-corrected chi connectivity index (χ0v) is 16.1. The third kappa shape index (κ3) is 4.19. The van der Waals surface area contributed by atoms with Crippen molar-refractivity contribution in [3.63, 3.8) is 0 Å². The average Bonchev–Trinajstić information content (AvgIpc) is 3.09. The molecule has 29 heavy (non-hydrogen) atoms. The van der Waals surface area contributed by atoms with Crippen LogP contribution < -0.4 is 11.0 Å². The Hall–Kier alpha value is -3.46. The van der Waals surface area contributed by atoms with Crippen molar-refractivity contribution in [3.8, 4) is 0 Å². The number of carbonyl (C=O) groups is 2. The fourth-order valence-corrected chi connectivity index (χ4v) is 3.34. The Balaban J connectivity index is 1.44. The van der Waals surface area contributed by atoms with Gasteiger partial charge in [-0.3, -0.25) is 9.59 Å². The molecule has 0 unspecified atom stereocenters. The average molecular weight is 394 g/mol. The highest BCUT2D eigenvalue weighted by molar-refractivity contribution is 6.04. The summed E-state index contributed by atoms with van der Waals surface area (Å²) in [4.78, 5) is 40.9. The molecule has 0 saturated carbocycles. The molecule has 3 heterocycles. The summed E-state index contributed by atoms with van der Waals surface area (Å²) in [6.07, 6.45) is 1.74. The predicted octanol–water partition coefficient (Wildman–Crippen LogP) is 0.591. The number of piperazine rings is 1. The van der Waals surface area contributed by atoms with Crippen LogP contribution in [0.4, 0.5) is 5.69 Å². The standard InChI is InChI=1S/C20H22N6O3/c1-24-7-9-25(10-8-24)18(27)12-14-3-2-4-16(11-14)21-19(28)15-5-6-17-22-23-20(29)26(17)13-15/h2-6,11,13H,7-10,12H2,1H3,(H,21,28)(H,23,29). The molecule has 2 aromatic heterocycles. The number of rotatable bonds is 4. The van der Waals surface area contributed by atoms with E-state index in [4.69, 9.17) is 0 Å². The van der Waals surface area contributed by atoms with Crippen LogP contribution in [0, 0.1) is 0 Å². The van der Waals surface area contributed by atoms with Crippen LogP contribution in [0.25, 0.3) is 5.65 Å². The van der Waals surface area contributed by atoms with Gasteiger partial charge in [-0.05, 0) is 36.9 Å². The third-order valence-corrected chi connectivity index (χ3v) is 5.07. The molecule has 0 bridgehead atoms. The molecular formula is C20H22N6O3. The van der Waals surface area contributed by atoms with Gasteiger partial charge >= 0.3 is 5.69 Å². The van der Waals surface area contributed by atoms with Crippen LogP contribution in [-0.2, 0) is 11.2 Å². The van der Waals surface area contributed by atoms with Crippen molar-refractivity contribution in [1.29, 1.82) is 0 Å². The molecule has 2 amide bonds. The molecule has 9 nitrogen and oxygen atoms in total. The number of hydrogen-bond acceptors (Lipinski definition) is 5. The number of benzene rings is 1. The van der Waals surface area contributed by atoms with Crippen molar-refractivity contribution in [1.82, 2.24) is 24.4 Å². The highest BCUT2D eigenvalue weighted by atomic mass is 16.2. The van der Waals surface area contributed by atoms with Gasteiger partial charge in [0.25, 0.3) is 5.91 Å². The number of pyridine rings is 1. The topological polar surface area (TPSA) is 103 Å². The van der Waals surface area contributed by atoms with E-state index >= 15 is 0 Å². The molecule has 3 aromatic rings. The van der Waals surface area contributed by atoms with Crippen molar-refractivity contribution in [2.75, 3.05) is 38.5 Å². The number of carbonyl (C=O) groups excluding carboxylic acids is 2. The number of H-pyrrole nitrogens is 1. The molecule has 2 N–H and O–H groups in total. The lowest BCUT2D eigenvalue weighted by atomic mass is 10.1. The van der Waals surface area contributed by atoms with Gasteiger partial charge in [-0.15, -0.1) is 0 Å². The van der Waals surface area contributed by atoms with Crippen molar-refractivity contribution in [2.24, 2.45) is 0 Å². The molecule has 0 spiro atoms. The Kier molecular flexibility index (Phi) is 5.13. The highest BCUT2D eigenvalue weighted by Gasteiger charge is 2.19. The molecule has 1 saturated heterocycles. The largest absolute Gasteiger partial charge is 0.347 e. The minimum absolute atomic E-state index is 0.0892. The van der Waals surface area contributed by atoms with Crippen LogP contribution in [0.5, 0.6) is 0 Å². The molecule has 150 valence electrons. The molecule has 9 heteroatoms. The lowest BCUT2D eigenvalue weighted by Gasteiger charge is -2.32. The van der Waals surface area contributed by atoms with E-state index in [-0.39, 0.29) is 11.8 Å². The van der Waals surface area contributed by atoms with E-state index in [1.54, 1.807) is 24.3 Å². The first kappa shape index (κ1) is 18.9. The number of aromatic nitrogens is 3. The number of fused-ring (bicyclic) bond motifs is 1. The fraction of sp³-hybridized carbons (Fsp3) is 0.300. The minimum Gasteiger partial charge on any atom is -0.340 e. The number of hydrogen-bond donors (Lipinski definition) is 2. The van der Waals surface area contributed by atoms with Gasteiger partial charge in [0.15, 0.2) is 5.65 Å². The number of nitrogens with zero attached hydrogens (tertiary/aromatic N) is 4. The first-order valence-electron chi connectivity index (χ1n) is 9.43. The summed E-state index contributed by atoms with van der Waals surface area (Å²) in [5.41, 5.74) is 1.81. The SMILES string of the molecule is CN1CCN(C(=O)Cc2cccc(NC(=O)c3ccc4n[nH]c(=O)n4c3)c2)CC1. The quantitative estimate of drug-likeness (QED) is 0.674. The van der Waals surface area contributed by atoms with E-state index < -0.39 is 5.69 Å². The predicted molar refractivity (Wildman–Crippen MR) is 108 cm³/mol. The molecule has 4 rings (SSSR count). The van der Waals surface area contributed by atoms with Crippen LogP contribution in [0.1, 0.15) is 15.9 Å². The summed E-state index contributed by atoms with van der Waals surface area (Å²) in [5, 5.41) is 8.99. The van der Waals surface area contributed by atoms with Crippen molar-refractivity contribution >= 4 is 23.1 Å². The summed E-state index contributed by atoms with van der Waals surface area (Å²) in [6, 6.07) is 10.5. The second-order valence-corrected chi connectivity index (χ2v) is 7.19. The zero-order chi connectivity index (χ0) is 20.4. The molecule has 1 aliphatic heterocycles. The summed E-state index contributed by atoms with van der Waals surface area (Å²) < 4.78 is 1.28. The minimum atomic E-state index is -0.404. The van der Waals surface area contributed by atoms with Gasteiger partial charge in [-0.2, -0.15) is 5.10 Å². The fourth-order valence-electron chi connectivity index (χ4n) is 3.34. The van der Waals surface area contributed by atoms with E-state index in [1.165, 1.54) is 10.6 Å². The zero-order valence-electron chi connectivity index (χ0n) is 16.1. The van der Waals surface area contributed by atoms with Crippen molar-refractivity contribution in [2.45, 2.75) is 6.42 Å². The Bertz CT molecular complexity index is 1110. The molecule has 0 radical (unpaired) electrons. The second kappa shape index (κ2) is 7.88. The first-order valence-corrected chi connectivity index (χ1v) is 9.43. The normalized spacial score (nSPS) is 14.9. The number of nitrogens with one attached hydrogen (secondary N) is 2. The molecule has 1 fully saturated rings. The smallest absolute Gasteiger partial charge is 0.340 e. The maximum Gasteiger partial charge on any atom is 0.347 e. The Labute approximate surface area is 166 Å². The summed E-state index contributed by atoms with van der Waals surface area (Å²) >= 11 is 0. The van der Waals surface area contributed by atoms with Gasteiger partial charge < -0.3 is 15.1 Å². The number of aromatic amines is 1. The maximum atomic E-state index is 12.6. The van der Waals surface area contributed by atoms with E-state index in [0.717, 1.165) is 31.7 Å². The molecular weight excluding hydrogens is 372 g/mol. The maximum absolute atomic E-state index is 12.6. The lowest BCUT2D eigenvalue weighted by molar-refractivity contribution is -0.132. The van der Waals surface area contributed by atoms with E-state index in [0.29, 0.717) is 23.3 Å². The van der Waals surface area contributed by atoms with Crippen LogP contribution >= 0.6 is 0 Å². The monoisotopic (exact) mass is 394 g/mol. The van der Waals surface area contributed by atoms with E-state index in [9.17, 15) is 14.4 Å². The molecule has 1 aliphatic rings. The van der Waals surface area contributed by atoms with Crippen LogP contribution in [-0.4, -0.2) is 69.4 Å². The molecule has 0 atom stereocenters. The number of likely N-dealkylation sites (N-methyl/N-ethyl adjacent to an activating group) is 1. The molecule has 0 aliphatic carbocycles. The van der Waals surface area contributed by atoms with Crippen LogP contribution in [0.15, 0.2) is 47.4 Å². The van der Waals surface area contributed by atoms with Crippen LogP contribution in [0.3, 0.4) is 0 Å². The van der Waals surface area contributed by atoms with Gasteiger partial charge in [-0.25, -0.2) is 14.3 Å². The number of amides is 2. The van der Waals surface area contributed by atoms with Gasteiger partial charge in [0.2, 0.25) is 5.91 Å². The van der Waals surface area contributed by atoms with E-state index in [1.807, 2.05) is 17.0 Å². The highest BCUT2D eigenvalue weighted by Crippen LogP contribution is 2.14. The van der Waals surface area contributed by atoms with Gasteiger partial charge in [0.1, 0.15) is 0 Å². The van der Waals surface area contributed by atoms with Crippen molar-refractivity contribution in [3.05, 3.63) is 64.2 Å². The lowest BCUT2D eigenvalue weighted by Crippen LogP contribution is -2.47. The first-order chi connectivity index (χ1) is 14.0. The van der Waals surface area contributed by atoms with Gasteiger partial charge in [0, 0.05) is 38.1 Å². The van der Waals surface area contributed by atoms with Gasteiger partial charge in [0.05, 0.1) is 12.0 Å². The second-order valence-electron chi connectivity index (χ2n) is 7.19. The van der Waals surface area contributed by atoms with E-state index in [2.05, 4.69) is 27.5 Å². The summed E-state index contributed by atoms with van der Waals surface area (Å²) in [5.74, 6) is -0.256. The Morgan fingerprint density at radius 2 is 1.93 bits per heavy atom. The third-order valence-electron chi connectivity index (χ3n) is 5.07. The van der Waals surface area contributed by atoms with Gasteiger partial charge in [-0.1, -0.05) is 12.1 Å². The van der Waals surface area contributed by atoms with Crippen molar-refractivity contribution < 1.29 is 9.59 Å². The Morgan fingerprint density at radius 3 is 2.72 bits per heavy atom. The Morgan fingerprint density at radius 1 is 1.14 bits per heavy atom. The number of anilines is 1.